The lowest BCUT2D eigenvalue weighted by Gasteiger charge is -2.11. The molecule has 2 rings (SSSR count). The molecule has 0 aliphatic rings. The molecule has 0 amide bonds. The zero-order valence-electron chi connectivity index (χ0n) is 11.2. The number of benzene rings is 1. The van der Waals surface area contributed by atoms with Crippen molar-refractivity contribution in [1.29, 1.82) is 0 Å². The molecule has 0 aliphatic carbocycles. The van der Waals surface area contributed by atoms with Crippen LogP contribution < -0.4 is 11.1 Å². The maximum Gasteiger partial charge on any atom is 0.320 e. The summed E-state index contributed by atoms with van der Waals surface area (Å²) in [5.74, 6) is 0. The number of nitrogens with zero attached hydrogens (tertiary/aromatic N) is 2. The SMILES string of the molecule is C=CCCn1ccn(-c2cccc(Cl)c2C)c(=O)c1=O. The maximum absolute atomic E-state index is 12.2. The Kier molecular flexibility index (Phi) is 4.25. The molecule has 2 aromatic rings. The van der Waals surface area contributed by atoms with Gasteiger partial charge in [0.1, 0.15) is 0 Å². The van der Waals surface area contributed by atoms with Crippen LogP contribution in [0.15, 0.2) is 52.8 Å². The topological polar surface area (TPSA) is 44.0 Å². The first kappa shape index (κ1) is 14.3. The minimum atomic E-state index is -0.582. The third-order valence-corrected chi connectivity index (χ3v) is 3.54. The Morgan fingerprint density at radius 3 is 2.70 bits per heavy atom. The second kappa shape index (κ2) is 5.92. The molecule has 1 heterocycles. The van der Waals surface area contributed by atoms with Gasteiger partial charge in [-0.25, -0.2) is 0 Å². The van der Waals surface area contributed by atoms with Crippen LogP contribution in [0.4, 0.5) is 0 Å². The zero-order chi connectivity index (χ0) is 14.7. The van der Waals surface area contributed by atoms with Crippen LogP contribution in [0.5, 0.6) is 0 Å². The fourth-order valence-electron chi connectivity index (χ4n) is 1.96. The predicted octanol–water partition coefficient (Wildman–Crippen LogP) is 2.54. The number of allylic oxidation sites excluding steroid dienone is 1. The molecule has 0 N–H and O–H groups in total. The summed E-state index contributed by atoms with van der Waals surface area (Å²) in [4.78, 5) is 24.2. The summed E-state index contributed by atoms with van der Waals surface area (Å²) in [5, 5.41) is 0.560. The van der Waals surface area contributed by atoms with Crippen LogP contribution in [0, 0.1) is 6.92 Å². The summed E-state index contributed by atoms with van der Waals surface area (Å²) in [6, 6.07) is 5.26. The fraction of sp³-hybridized carbons (Fsp3) is 0.200. The van der Waals surface area contributed by atoms with Gasteiger partial charge in [-0.05, 0) is 31.0 Å². The number of aryl methyl sites for hydroxylation is 1. The Labute approximate surface area is 121 Å². The van der Waals surface area contributed by atoms with Gasteiger partial charge >= 0.3 is 11.1 Å². The van der Waals surface area contributed by atoms with Gasteiger partial charge in [0.25, 0.3) is 0 Å². The summed E-state index contributed by atoms with van der Waals surface area (Å²) in [6.45, 7) is 5.87. The van der Waals surface area contributed by atoms with Gasteiger partial charge in [0, 0.05) is 24.0 Å². The molecule has 0 aliphatic heterocycles. The number of hydrogen-bond donors (Lipinski definition) is 0. The molecule has 0 spiro atoms. The first-order valence-corrected chi connectivity index (χ1v) is 6.62. The van der Waals surface area contributed by atoms with Crippen molar-refractivity contribution in [3.05, 3.63) is 74.5 Å². The second-order valence-corrected chi connectivity index (χ2v) is 4.84. The van der Waals surface area contributed by atoms with Crippen LogP contribution >= 0.6 is 11.6 Å². The van der Waals surface area contributed by atoms with Gasteiger partial charge in [0.15, 0.2) is 0 Å². The Balaban J connectivity index is 2.57. The van der Waals surface area contributed by atoms with Gasteiger partial charge in [-0.15, -0.1) is 6.58 Å². The van der Waals surface area contributed by atoms with Crippen LogP contribution in [0.1, 0.15) is 12.0 Å². The Hall–Kier alpha value is -2.07. The van der Waals surface area contributed by atoms with Crippen LogP contribution in [-0.2, 0) is 6.54 Å². The number of hydrogen-bond acceptors (Lipinski definition) is 2. The molecule has 5 heteroatoms. The number of halogens is 1. The van der Waals surface area contributed by atoms with Gasteiger partial charge in [-0.1, -0.05) is 23.7 Å². The van der Waals surface area contributed by atoms with E-state index in [1.807, 2.05) is 6.92 Å². The van der Waals surface area contributed by atoms with Crippen molar-refractivity contribution in [3.8, 4) is 5.69 Å². The van der Waals surface area contributed by atoms with Crippen LogP contribution in [0.2, 0.25) is 5.02 Å². The highest BCUT2D eigenvalue weighted by atomic mass is 35.5. The average molecular weight is 291 g/mol. The van der Waals surface area contributed by atoms with Gasteiger partial charge in [0.2, 0.25) is 0 Å². The summed E-state index contributed by atoms with van der Waals surface area (Å²) >= 11 is 6.05. The van der Waals surface area contributed by atoms with E-state index in [0.717, 1.165) is 5.56 Å². The van der Waals surface area contributed by atoms with E-state index in [2.05, 4.69) is 6.58 Å². The van der Waals surface area contributed by atoms with E-state index in [1.165, 1.54) is 9.13 Å². The van der Waals surface area contributed by atoms with Gasteiger partial charge < -0.3 is 4.57 Å². The second-order valence-electron chi connectivity index (χ2n) is 4.43. The lowest BCUT2D eigenvalue weighted by atomic mass is 10.2. The normalized spacial score (nSPS) is 10.5. The monoisotopic (exact) mass is 290 g/mol. The van der Waals surface area contributed by atoms with Crippen LogP contribution in [0.25, 0.3) is 5.69 Å². The quantitative estimate of drug-likeness (QED) is 0.641. The molecule has 4 nitrogen and oxygen atoms in total. The molecule has 0 radical (unpaired) electrons. The molecule has 0 bridgehead atoms. The predicted molar refractivity (Wildman–Crippen MR) is 80.9 cm³/mol. The van der Waals surface area contributed by atoms with Crippen molar-refractivity contribution < 1.29 is 0 Å². The zero-order valence-corrected chi connectivity index (χ0v) is 11.9. The highest BCUT2D eigenvalue weighted by molar-refractivity contribution is 6.31. The molecule has 0 saturated heterocycles. The molecule has 0 atom stereocenters. The van der Waals surface area contributed by atoms with Crippen molar-refractivity contribution in [3.63, 3.8) is 0 Å². The standard InChI is InChI=1S/C15H15ClN2O2/c1-3-4-8-17-9-10-18(15(20)14(17)19)13-7-5-6-12(16)11(13)2/h3,5-7,9-10H,1,4,8H2,2H3. The van der Waals surface area contributed by atoms with Crippen LogP contribution in [-0.4, -0.2) is 9.13 Å². The third kappa shape index (κ3) is 2.60. The van der Waals surface area contributed by atoms with Gasteiger partial charge in [-0.3, -0.25) is 14.2 Å². The van der Waals surface area contributed by atoms with E-state index in [4.69, 9.17) is 11.6 Å². The summed E-state index contributed by atoms with van der Waals surface area (Å²) < 4.78 is 2.72. The van der Waals surface area contributed by atoms with Crippen molar-refractivity contribution in [2.75, 3.05) is 0 Å². The van der Waals surface area contributed by atoms with E-state index < -0.39 is 11.1 Å². The third-order valence-electron chi connectivity index (χ3n) is 3.13. The van der Waals surface area contributed by atoms with E-state index in [-0.39, 0.29) is 0 Å². The number of rotatable bonds is 4. The summed E-state index contributed by atoms with van der Waals surface area (Å²) in [6.07, 6.45) is 5.54. The largest absolute Gasteiger partial charge is 0.320 e. The smallest absolute Gasteiger partial charge is 0.309 e. The van der Waals surface area contributed by atoms with E-state index in [1.54, 1.807) is 36.7 Å². The molecular weight excluding hydrogens is 276 g/mol. The van der Waals surface area contributed by atoms with Crippen LogP contribution in [0.3, 0.4) is 0 Å². The van der Waals surface area contributed by atoms with Crippen molar-refractivity contribution in [1.82, 2.24) is 9.13 Å². The van der Waals surface area contributed by atoms with Crippen molar-refractivity contribution >= 4 is 11.6 Å². The first-order valence-electron chi connectivity index (χ1n) is 6.24. The van der Waals surface area contributed by atoms with Gasteiger partial charge in [0.05, 0.1) is 5.69 Å². The lowest BCUT2D eigenvalue weighted by molar-refractivity contribution is 0.656. The Morgan fingerprint density at radius 1 is 1.25 bits per heavy atom. The van der Waals surface area contributed by atoms with E-state index in [0.29, 0.717) is 23.7 Å². The highest BCUT2D eigenvalue weighted by Gasteiger charge is 2.09. The number of aromatic nitrogens is 2. The summed E-state index contributed by atoms with van der Waals surface area (Å²) in [5.41, 5.74) is 0.255. The minimum absolute atomic E-state index is 0.451. The molecule has 0 fully saturated rings. The molecule has 1 aromatic carbocycles. The Bertz CT molecular complexity index is 759. The summed E-state index contributed by atoms with van der Waals surface area (Å²) in [7, 11) is 0. The van der Waals surface area contributed by atoms with E-state index >= 15 is 0 Å². The fourth-order valence-corrected chi connectivity index (χ4v) is 2.13. The first-order chi connectivity index (χ1) is 9.56. The molecule has 1 aromatic heterocycles. The highest BCUT2D eigenvalue weighted by Crippen LogP contribution is 2.20. The van der Waals surface area contributed by atoms with Gasteiger partial charge in [-0.2, -0.15) is 0 Å². The molecular formula is C15H15ClN2O2. The Morgan fingerprint density at radius 2 is 2.00 bits per heavy atom. The van der Waals surface area contributed by atoms with E-state index in [9.17, 15) is 9.59 Å². The average Bonchev–Trinajstić information content (AvgIpc) is 2.44. The van der Waals surface area contributed by atoms with Crippen molar-refractivity contribution in [2.24, 2.45) is 0 Å². The molecule has 104 valence electrons. The maximum atomic E-state index is 12.2. The lowest BCUT2D eigenvalue weighted by Crippen LogP contribution is -2.40. The molecule has 0 saturated carbocycles. The minimum Gasteiger partial charge on any atom is -0.309 e. The molecule has 0 unspecified atom stereocenters. The van der Waals surface area contributed by atoms with Crippen molar-refractivity contribution in [2.45, 2.75) is 19.9 Å². The molecule has 20 heavy (non-hydrogen) atoms.